The van der Waals surface area contributed by atoms with Crippen molar-refractivity contribution < 1.29 is 14.3 Å². The molecule has 1 aliphatic rings. The number of anilines is 2. The van der Waals surface area contributed by atoms with E-state index >= 15 is 0 Å². The van der Waals surface area contributed by atoms with E-state index in [1.807, 2.05) is 36.4 Å². The minimum Gasteiger partial charge on any atom is -0.493 e. The van der Waals surface area contributed by atoms with Gasteiger partial charge in [0.05, 0.1) is 32.1 Å². The summed E-state index contributed by atoms with van der Waals surface area (Å²) in [4.78, 5) is 14.8. The topological polar surface area (TPSA) is 62.8 Å². The van der Waals surface area contributed by atoms with Crippen LogP contribution in [0.25, 0.3) is 0 Å². The van der Waals surface area contributed by atoms with E-state index in [1.165, 1.54) is 19.3 Å². The first-order valence-corrected chi connectivity index (χ1v) is 10.3. The fourth-order valence-electron chi connectivity index (χ4n) is 3.66. The number of hydrogen-bond donors (Lipinski definition) is 2. The first-order chi connectivity index (χ1) is 14.2. The van der Waals surface area contributed by atoms with Crippen LogP contribution in [0.4, 0.5) is 11.4 Å². The molecule has 3 rings (SSSR count). The number of methoxy groups -OCH3 is 2. The SMILES string of the molecule is COc1ccc(CCNCC(=O)Nc2ccccc2N2CCCCC2)cc1OC. The van der Waals surface area contributed by atoms with Gasteiger partial charge in [0.1, 0.15) is 0 Å². The van der Waals surface area contributed by atoms with Crippen LogP contribution in [0.2, 0.25) is 0 Å². The number of piperidine rings is 1. The molecule has 0 radical (unpaired) electrons. The van der Waals surface area contributed by atoms with E-state index in [4.69, 9.17) is 9.47 Å². The van der Waals surface area contributed by atoms with Crippen LogP contribution in [0.1, 0.15) is 24.8 Å². The van der Waals surface area contributed by atoms with E-state index in [1.54, 1.807) is 14.2 Å². The summed E-state index contributed by atoms with van der Waals surface area (Å²) in [6, 6.07) is 13.9. The maximum Gasteiger partial charge on any atom is 0.238 e. The Morgan fingerprint density at radius 1 is 1.00 bits per heavy atom. The van der Waals surface area contributed by atoms with Crippen LogP contribution in [-0.4, -0.2) is 46.3 Å². The van der Waals surface area contributed by atoms with Crippen molar-refractivity contribution in [3.8, 4) is 11.5 Å². The average Bonchev–Trinajstić information content (AvgIpc) is 2.77. The summed E-state index contributed by atoms with van der Waals surface area (Å²) >= 11 is 0. The van der Waals surface area contributed by atoms with Gasteiger partial charge in [-0.2, -0.15) is 0 Å². The molecule has 2 aromatic carbocycles. The van der Waals surface area contributed by atoms with Gasteiger partial charge in [0.15, 0.2) is 11.5 Å². The molecule has 29 heavy (non-hydrogen) atoms. The van der Waals surface area contributed by atoms with Crippen molar-refractivity contribution >= 4 is 17.3 Å². The smallest absolute Gasteiger partial charge is 0.238 e. The zero-order valence-electron chi connectivity index (χ0n) is 17.4. The molecule has 0 bridgehead atoms. The molecule has 0 unspecified atom stereocenters. The van der Waals surface area contributed by atoms with Gasteiger partial charge in [-0.3, -0.25) is 4.79 Å². The predicted octanol–water partition coefficient (Wildman–Crippen LogP) is 3.46. The normalized spacial score (nSPS) is 13.8. The summed E-state index contributed by atoms with van der Waals surface area (Å²) in [6.45, 7) is 3.09. The average molecular weight is 398 g/mol. The molecular formula is C23H31N3O3. The first kappa shape index (κ1) is 21.0. The lowest BCUT2D eigenvalue weighted by Gasteiger charge is -2.30. The van der Waals surface area contributed by atoms with Crippen LogP contribution >= 0.6 is 0 Å². The lowest BCUT2D eigenvalue weighted by Crippen LogP contribution is -2.32. The minimum atomic E-state index is -0.0261. The highest BCUT2D eigenvalue weighted by atomic mass is 16.5. The number of rotatable bonds is 9. The molecule has 6 nitrogen and oxygen atoms in total. The number of carbonyl (C=O) groups excluding carboxylic acids is 1. The molecule has 1 heterocycles. The van der Waals surface area contributed by atoms with Gasteiger partial charge >= 0.3 is 0 Å². The highest BCUT2D eigenvalue weighted by molar-refractivity contribution is 5.95. The molecule has 1 fully saturated rings. The summed E-state index contributed by atoms with van der Waals surface area (Å²) in [5, 5.41) is 6.28. The van der Waals surface area contributed by atoms with Crippen LogP contribution < -0.4 is 25.0 Å². The van der Waals surface area contributed by atoms with Crippen LogP contribution in [0.15, 0.2) is 42.5 Å². The van der Waals surface area contributed by atoms with Crippen LogP contribution in [0.3, 0.4) is 0 Å². The van der Waals surface area contributed by atoms with Gasteiger partial charge in [-0.1, -0.05) is 18.2 Å². The largest absolute Gasteiger partial charge is 0.493 e. The number of nitrogens with zero attached hydrogens (tertiary/aromatic N) is 1. The highest BCUT2D eigenvalue weighted by Crippen LogP contribution is 2.28. The Balaban J connectivity index is 1.47. The monoisotopic (exact) mass is 397 g/mol. The van der Waals surface area contributed by atoms with Gasteiger partial charge < -0.3 is 25.0 Å². The number of nitrogens with one attached hydrogen (secondary N) is 2. The molecule has 0 aromatic heterocycles. The van der Waals surface area contributed by atoms with Crippen molar-refractivity contribution in [2.24, 2.45) is 0 Å². The molecule has 2 aromatic rings. The Bertz CT molecular complexity index is 804. The Morgan fingerprint density at radius 2 is 1.76 bits per heavy atom. The van der Waals surface area contributed by atoms with E-state index in [-0.39, 0.29) is 12.5 Å². The van der Waals surface area contributed by atoms with E-state index < -0.39 is 0 Å². The van der Waals surface area contributed by atoms with Crippen molar-refractivity contribution in [3.63, 3.8) is 0 Å². The van der Waals surface area contributed by atoms with Gasteiger partial charge in [0, 0.05) is 13.1 Å². The standard InChI is InChI=1S/C23H31N3O3/c1-28-21-11-10-18(16-22(21)29-2)12-13-24-17-23(27)25-19-8-4-5-9-20(19)26-14-6-3-7-15-26/h4-5,8-11,16,24H,3,6-7,12-15,17H2,1-2H3,(H,25,27). The van der Waals surface area contributed by atoms with Gasteiger partial charge in [-0.25, -0.2) is 0 Å². The van der Waals surface area contributed by atoms with Gasteiger partial charge in [-0.05, 0) is 62.1 Å². The number of ether oxygens (including phenoxy) is 2. The number of carbonyl (C=O) groups is 1. The third kappa shape index (κ3) is 5.87. The molecule has 156 valence electrons. The van der Waals surface area contributed by atoms with E-state index in [0.717, 1.165) is 47.9 Å². The first-order valence-electron chi connectivity index (χ1n) is 10.3. The van der Waals surface area contributed by atoms with Gasteiger partial charge in [0.2, 0.25) is 5.91 Å². The Labute approximate surface area is 173 Å². The van der Waals surface area contributed by atoms with E-state index in [2.05, 4.69) is 21.6 Å². The van der Waals surface area contributed by atoms with Gasteiger partial charge in [-0.15, -0.1) is 0 Å². The molecule has 0 saturated carbocycles. The summed E-state index contributed by atoms with van der Waals surface area (Å²) in [7, 11) is 3.26. The molecule has 0 aliphatic carbocycles. The highest BCUT2D eigenvalue weighted by Gasteiger charge is 2.15. The molecular weight excluding hydrogens is 366 g/mol. The summed E-state index contributed by atoms with van der Waals surface area (Å²) in [6.07, 6.45) is 4.51. The third-order valence-corrected chi connectivity index (χ3v) is 5.20. The van der Waals surface area contributed by atoms with E-state index in [9.17, 15) is 4.79 Å². The van der Waals surface area contributed by atoms with Gasteiger partial charge in [0.25, 0.3) is 0 Å². The van der Waals surface area contributed by atoms with Crippen molar-refractivity contribution in [2.75, 3.05) is 50.6 Å². The molecule has 1 aliphatic heterocycles. The molecule has 1 saturated heterocycles. The predicted molar refractivity (Wildman–Crippen MR) is 117 cm³/mol. The summed E-state index contributed by atoms with van der Waals surface area (Å²) in [5.74, 6) is 1.41. The lowest BCUT2D eigenvalue weighted by atomic mass is 10.1. The number of para-hydroxylation sites is 2. The van der Waals surface area contributed by atoms with Crippen LogP contribution in [0, 0.1) is 0 Å². The molecule has 2 N–H and O–H groups in total. The Kier molecular flexibility index (Phi) is 7.76. The fraction of sp³-hybridized carbons (Fsp3) is 0.435. The zero-order valence-corrected chi connectivity index (χ0v) is 17.4. The van der Waals surface area contributed by atoms with Crippen molar-refractivity contribution in [3.05, 3.63) is 48.0 Å². The van der Waals surface area contributed by atoms with Crippen LogP contribution in [0.5, 0.6) is 11.5 Å². The summed E-state index contributed by atoms with van der Waals surface area (Å²) < 4.78 is 10.6. The summed E-state index contributed by atoms with van der Waals surface area (Å²) in [5.41, 5.74) is 3.14. The molecule has 0 spiro atoms. The second kappa shape index (κ2) is 10.7. The second-order valence-corrected chi connectivity index (χ2v) is 7.23. The van der Waals surface area contributed by atoms with E-state index in [0.29, 0.717) is 6.54 Å². The Morgan fingerprint density at radius 3 is 2.52 bits per heavy atom. The number of benzene rings is 2. The quantitative estimate of drug-likeness (QED) is 0.635. The number of hydrogen-bond acceptors (Lipinski definition) is 5. The van der Waals surface area contributed by atoms with Crippen molar-refractivity contribution in [2.45, 2.75) is 25.7 Å². The zero-order chi connectivity index (χ0) is 20.5. The minimum absolute atomic E-state index is 0.0261. The Hall–Kier alpha value is -2.73. The maximum atomic E-state index is 12.4. The van der Waals surface area contributed by atoms with Crippen LogP contribution in [-0.2, 0) is 11.2 Å². The molecule has 6 heteroatoms. The number of amides is 1. The van der Waals surface area contributed by atoms with Crippen molar-refractivity contribution in [1.29, 1.82) is 0 Å². The maximum absolute atomic E-state index is 12.4. The van der Waals surface area contributed by atoms with Crippen molar-refractivity contribution in [1.82, 2.24) is 5.32 Å². The molecule has 0 atom stereocenters. The fourth-order valence-corrected chi connectivity index (χ4v) is 3.66. The third-order valence-electron chi connectivity index (χ3n) is 5.20. The molecule has 1 amide bonds. The lowest BCUT2D eigenvalue weighted by molar-refractivity contribution is -0.115. The second-order valence-electron chi connectivity index (χ2n) is 7.23.